The van der Waals surface area contributed by atoms with E-state index in [4.69, 9.17) is 14.9 Å². The Balaban J connectivity index is 0. The van der Waals surface area contributed by atoms with Crippen LogP contribution in [0.4, 0.5) is 0 Å². The Labute approximate surface area is 108 Å². The van der Waals surface area contributed by atoms with Crippen molar-refractivity contribution in [3.05, 3.63) is 49.8 Å². The van der Waals surface area contributed by atoms with E-state index in [1.165, 1.54) is 24.3 Å². The molecule has 0 saturated carbocycles. The summed E-state index contributed by atoms with van der Waals surface area (Å²) < 4.78 is 4.75. The molecule has 16 heavy (non-hydrogen) atoms. The molecule has 0 radical (unpaired) electrons. The number of carbonyl (C=O) groups is 1. The summed E-state index contributed by atoms with van der Waals surface area (Å²) in [5.74, 6) is 0.00629. The van der Waals surface area contributed by atoms with Gasteiger partial charge < -0.3 is 14.9 Å². The smallest absolute Gasteiger partial charge is 0.335 e. The molecule has 5 heteroatoms. The zero-order chi connectivity index (χ0) is 11.7. The van der Waals surface area contributed by atoms with Crippen LogP contribution in [0.2, 0.25) is 0 Å². The van der Waals surface area contributed by atoms with Gasteiger partial charge in [0.1, 0.15) is 11.5 Å². The van der Waals surface area contributed by atoms with E-state index < -0.39 is 5.97 Å². The molecule has 0 aromatic heterocycles. The largest absolute Gasteiger partial charge is 0.516 e. The fourth-order valence-corrected chi connectivity index (χ4v) is 0.672. The van der Waals surface area contributed by atoms with Gasteiger partial charge in [-0.1, -0.05) is 13.2 Å². The zero-order valence-corrected chi connectivity index (χ0v) is 11.4. The monoisotopic (exact) mass is 392 g/mol. The van der Waals surface area contributed by atoms with Crippen molar-refractivity contribution >= 4 is 5.97 Å². The Kier molecular flexibility index (Phi) is 10.5. The molecule has 0 amide bonds. The molecule has 0 spiro atoms. The third-order valence-corrected chi connectivity index (χ3v) is 1.22. The van der Waals surface area contributed by atoms with E-state index in [9.17, 15) is 4.79 Å². The normalized spacial score (nSPS) is 7.50. The van der Waals surface area contributed by atoms with Gasteiger partial charge in [-0.2, -0.15) is 0 Å². The van der Waals surface area contributed by atoms with Gasteiger partial charge in [-0.05, 0) is 24.3 Å². The average Bonchev–Trinajstić information content (AvgIpc) is 2.22. The molecule has 0 fully saturated rings. The molecule has 0 unspecified atom stereocenters. The van der Waals surface area contributed by atoms with Gasteiger partial charge in [0.25, 0.3) is 0 Å². The molecule has 1 aromatic rings. The summed E-state index contributed by atoms with van der Waals surface area (Å²) in [6.07, 6.45) is 1.83. The molecule has 2 N–H and O–H groups in total. The minimum Gasteiger partial charge on any atom is -0.516 e. The standard InChI is InChI=1S/C9H8O3.C2H4O.W/c1-2-9(11)12-8-5-3-7(10)4-6-8;1-2-3;/h2-6,10H,1H2;2-3H,1H2;. The number of carbonyl (C=O) groups excluding carboxylic acids is 1. The second-order valence-corrected chi connectivity index (χ2v) is 2.30. The fraction of sp³-hybridized carbons (Fsp3) is 0. The molecule has 4 nitrogen and oxygen atoms in total. The molecule has 86 valence electrons. The second-order valence-electron chi connectivity index (χ2n) is 2.30. The number of esters is 1. The molecule has 1 rings (SSSR count). The first-order valence-electron chi connectivity index (χ1n) is 4.02. The number of phenols is 1. The van der Waals surface area contributed by atoms with E-state index >= 15 is 0 Å². The molecule has 0 aliphatic rings. The number of hydrogen-bond donors (Lipinski definition) is 2. The second kappa shape index (κ2) is 9.99. The van der Waals surface area contributed by atoms with E-state index in [0.29, 0.717) is 5.75 Å². The SMILES string of the molecule is C=CC(=O)Oc1ccc(O)cc1.C=CO.[W]. The number of phenolic OH excluding ortho intramolecular Hbond substituents is 1. The van der Waals surface area contributed by atoms with E-state index in [0.717, 1.165) is 12.3 Å². The van der Waals surface area contributed by atoms with E-state index in [2.05, 4.69) is 13.2 Å². The summed E-state index contributed by atoms with van der Waals surface area (Å²) in [6.45, 7) is 6.17. The van der Waals surface area contributed by atoms with Crippen LogP contribution in [0.5, 0.6) is 11.5 Å². The van der Waals surface area contributed by atoms with Crippen LogP contribution in [-0.2, 0) is 25.9 Å². The Morgan fingerprint density at radius 3 is 2.06 bits per heavy atom. The third-order valence-electron chi connectivity index (χ3n) is 1.22. The number of aliphatic hydroxyl groups is 1. The van der Waals surface area contributed by atoms with Crippen molar-refractivity contribution in [2.75, 3.05) is 0 Å². The van der Waals surface area contributed by atoms with Gasteiger partial charge in [0.05, 0.1) is 6.26 Å². The first-order chi connectivity index (χ1) is 7.13. The van der Waals surface area contributed by atoms with Crippen LogP contribution < -0.4 is 4.74 Å². The Morgan fingerprint density at radius 1 is 1.25 bits per heavy atom. The topological polar surface area (TPSA) is 66.8 Å². The molecular weight excluding hydrogens is 380 g/mol. The summed E-state index contributed by atoms with van der Waals surface area (Å²) in [4.78, 5) is 10.7. The van der Waals surface area contributed by atoms with Crippen LogP contribution in [-0.4, -0.2) is 16.2 Å². The third kappa shape index (κ3) is 7.82. The average molecular weight is 392 g/mol. The minimum absolute atomic E-state index is 0. The zero-order valence-electron chi connectivity index (χ0n) is 8.50. The van der Waals surface area contributed by atoms with Crippen LogP contribution in [0, 0.1) is 0 Å². The summed E-state index contributed by atoms with van der Waals surface area (Å²) in [6, 6.07) is 5.87. The quantitative estimate of drug-likeness (QED) is 0.351. The molecule has 1 aromatic carbocycles. The summed E-state index contributed by atoms with van der Waals surface area (Å²) >= 11 is 0. The number of rotatable bonds is 2. The fourth-order valence-electron chi connectivity index (χ4n) is 0.672. The van der Waals surface area contributed by atoms with Crippen LogP contribution in [0.3, 0.4) is 0 Å². The molecule has 0 atom stereocenters. The molecule has 0 saturated heterocycles. The molecule has 0 bridgehead atoms. The van der Waals surface area contributed by atoms with Gasteiger partial charge in [-0.25, -0.2) is 4.79 Å². The Hall–Kier alpha value is -1.54. The summed E-state index contributed by atoms with van der Waals surface area (Å²) in [5.41, 5.74) is 0. The maximum Gasteiger partial charge on any atom is 0.335 e. The Bertz CT molecular complexity index is 332. The van der Waals surface area contributed by atoms with Crippen molar-refractivity contribution < 1.29 is 40.8 Å². The number of aliphatic hydroxyl groups excluding tert-OH is 1. The number of benzene rings is 1. The van der Waals surface area contributed by atoms with Gasteiger partial charge in [0.15, 0.2) is 0 Å². The maximum atomic E-state index is 10.7. The van der Waals surface area contributed by atoms with Gasteiger partial charge in [-0.15, -0.1) is 0 Å². The van der Waals surface area contributed by atoms with Crippen LogP contribution >= 0.6 is 0 Å². The summed E-state index contributed by atoms with van der Waals surface area (Å²) in [7, 11) is 0. The Morgan fingerprint density at radius 2 is 1.69 bits per heavy atom. The van der Waals surface area contributed by atoms with Crippen molar-refractivity contribution in [3.63, 3.8) is 0 Å². The van der Waals surface area contributed by atoms with Crippen molar-refractivity contribution in [2.24, 2.45) is 0 Å². The van der Waals surface area contributed by atoms with Gasteiger partial charge >= 0.3 is 5.97 Å². The predicted molar refractivity (Wildman–Crippen MR) is 56.8 cm³/mol. The van der Waals surface area contributed by atoms with Gasteiger partial charge in [0.2, 0.25) is 0 Å². The van der Waals surface area contributed by atoms with E-state index in [-0.39, 0.29) is 26.8 Å². The van der Waals surface area contributed by atoms with E-state index in [1.807, 2.05) is 0 Å². The van der Waals surface area contributed by atoms with Gasteiger partial charge in [0, 0.05) is 27.1 Å². The number of ether oxygens (including phenoxy) is 1. The van der Waals surface area contributed by atoms with Gasteiger partial charge in [-0.3, -0.25) is 0 Å². The van der Waals surface area contributed by atoms with Crippen LogP contribution in [0.25, 0.3) is 0 Å². The van der Waals surface area contributed by atoms with Crippen LogP contribution in [0.15, 0.2) is 49.8 Å². The molecule has 0 aliphatic carbocycles. The van der Waals surface area contributed by atoms with E-state index in [1.54, 1.807) is 0 Å². The van der Waals surface area contributed by atoms with Crippen molar-refractivity contribution in [1.29, 1.82) is 0 Å². The van der Waals surface area contributed by atoms with Crippen LogP contribution in [0.1, 0.15) is 0 Å². The number of aromatic hydroxyl groups is 1. The predicted octanol–water partition coefficient (Wildman–Crippen LogP) is 2.17. The molecule has 0 aliphatic heterocycles. The van der Waals surface area contributed by atoms with Crippen molar-refractivity contribution in [3.8, 4) is 11.5 Å². The maximum absolute atomic E-state index is 10.7. The molecule has 0 heterocycles. The molecular formula is C11H12O4W. The first kappa shape index (κ1) is 16.9. The van der Waals surface area contributed by atoms with Crippen molar-refractivity contribution in [1.82, 2.24) is 0 Å². The minimum atomic E-state index is -0.513. The number of hydrogen-bond acceptors (Lipinski definition) is 4. The summed E-state index contributed by atoms with van der Waals surface area (Å²) in [5, 5.41) is 16.2. The first-order valence-corrected chi connectivity index (χ1v) is 4.02. The van der Waals surface area contributed by atoms with Crippen molar-refractivity contribution in [2.45, 2.75) is 0 Å².